The van der Waals surface area contributed by atoms with Crippen LogP contribution >= 0.6 is 0 Å². The molecular formula is C17H17N3O4. The maximum absolute atomic E-state index is 12.6. The molecule has 2 heterocycles. The Morgan fingerprint density at radius 1 is 1.00 bits per heavy atom. The van der Waals surface area contributed by atoms with Crippen LogP contribution in [-0.2, 0) is 4.79 Å². The molecule has 1 aromatic carbocycles. The minimum Gasteiger partial charge on any atom is -0.342 e. The Labute approximate surface area is 138 Å². The average molecular weight is 327 g/mol. The van der Waals surface area contributed by atoms with Gasteiger partial charge < -0.3 is 9.80 Å². The minimum atomic E-state index is -0.294. The van der Waals surface area contributed by atoms with Crippen molar-refractivity contribution >= 4 is 24.1 Å². The van der Waals surface area contributed by atoms with Gasteiger partial charge in [-0.1, -0.05) is 0 Å². The lowest BCUT2D eigenvalue weighted by Crippen LogP contribution is -2.48. The van der Waals surface area contributed by atoms with Crippen molar-refractivity contribution in [2.45, 2.75) is 18.9 Å². The van der Waals surface area contributed by atoms with Crippen molar-refractivity contribution in [1.82, 2.24) is 14.7 Å². The lowest BCUT2D eigenvalue weighted by Gasteiger charge is -2.32. The van der Waals surface area contributed by atoms with Gasteiger partial charge >= 0.3 is 0 Å². The summed E-state index contributed by atoms with van der Waals surface area (Å²) in [6.07, 6.45) is 2.50. The quantitative estimate of drug-likeness (QED) is 0.593. The van der Waals surface area contributed by atoms with Crippen LogP contribution in [0.2, 0.25) is 0 Å². The second kappa shape index (κ2) is 5.43. The molecule has 1 saturated carbocycles. The number of benzene rings is 1. The van der Waals surface area contributed by atoms with E-state index >= 15 is 0 Å². The molecule has 3 aliphatic rings. The van der Waals surface area contributed by atoms with Crippen molar-refractivity contribution in [2.24, 2.45) is 0 Å². The highest BCUT2D eigenvalue weighted by Gasteiger charge is 2.44. The normalized spacial score (nSPS) is 20.4. The standard InChI is InChI=1S/C17H17N3O4/c21-10-18-5-7-19(8-6-18)15(22)11-1-4-13-14(9-11)17(24)20(16(13)23)12-2-3-12/h1,4,9-10,12H,2-3,5-8H2. The van der Waals surface area contributed by atoms with Crippen LogP contribution < -0.4 is 0 Å². The van der Waals surface area contributed by atoms with E-state index in [2.05, 4.69) is 0 Å². The van der Waals surface area contributed by atoms with Crippen molar-refractivity contribution < 1.29 is 19.2 Å². The molecule has 0 spiro atoms. The molecule has 0 radical (unpaired) electrons. The molecule has 0 unspecified atom stereocenters. The molecule has 2 fully saturated rings. The molecular weight excluding hydrogens is 310 g/mol. The van der Waals surface area contributed by atoms with E-state index in [4.69, 9.17) is 0 Å². The number of fused-ring (bicyclic) bond motifs is 1. The molecule has 4 amide bonds. The van der Waals surface area contributed by atoms with Crippen LogP contribution in [0.5, 0.6) is 0 Å². The Balaban J connectivity index is 1.56. The van der Waals surface area contributed by atoms with Crippen LogP contribution in [-0.4, -0.2) is 71.1 Å². The predicted octanol–water partition coefficient (Wildman–Crippen LogP) is 0.359. The molecule has 24 heavy (non-hydrogen) atoms. The summed E-state index contributed by atoms with van der Waals surface area (Å²) in [5.41, 5.74) is 1.12. The van der Waals surface area contributed by atoms with E-state index < -0.39 is 0 Å². The largest absolute Gasteiger partial charge is 0.342 e. The first-order valence-corrected chi connectivity index (χ1v) is 8.10. The first kappa shape index (κ1) is 14.9. The number of imide groups is 1. The molecule has 1 saturated heterocycles. The fourth-order valence-electron chi connectivity index (χ4n) is 3.27. The predicted molar refractivity (Wildman–Crippen MR) is 83.5 cm³/mol. The fraction of sp³-hybridized carbons (Fsp3) is 0.412. The Morgan fingerprint density at radius 3 is 2.29 bits per heavy atom. The summed E-state index contributed by atoms with van der Waals surface area (Å²) in [7, 11) is 0. The zero-order chi connectivity index (χ0) is 16.8. The third kappa shape index (κ3) is 2.28. The topological polar surface area (TPSA) is 78.0 Å². The van der Waals surface area contributed by atoms with Gasteiger partial charge in [-0.2, -0.15) is 0 Å². The number of rotatable bonds is 3. The van der Waals surface area contributed by atoms with E-state index in [0.29, 0.717) is 42.9 Å². The molecule has 0 N–H and O–H groups in total. The van der Waals surface area contributed by atoms with E-state index in [9.17, 15) is 19.2 Å². The number of hydrogen-bond acceptors (Lipinski definition) is 4. The maximum Gasteiger partial charge on any atom is 0.261 e. The minimum absolute atomic E-state index is 0.0213. The molecule has 7 heteroatoms. The van der Waals surface area contributed by atoms with Gasteiger partial charge in [-0.05, 0) is 31.0 Å². The van der Waals surface area contributed by atoms with Crippen molar-refractivity contribution in [1.29, 1.82) is 0 Å². The summed E-state index contributed by atoms with van der Waals surface area (Å²) in [5.74, 6) is -0.720. The van der Waals surface area contributed by atoms with E-state index in [-0.39, 0.29) is 23.8 Å². The molecule has 0 bridgehead atoms. The van der Waals surface area contributed by atoms with Crippen LogP contribution in [0.3, 0.4) is 0 Å². The number of carbonyl (C=O) groups is 4. The van der Waals surface area contributed by atoms with E-state index in [1.165, 1.54) is 11.0 Å². The summed E-state index contributed by atoms with van der Waals surface area (Å²) in [6, 6.07) is 4.74. The van der Waals surface area contributed by atoms with Gasteiger partial charge in [0.2, 0.25) is 6.41 Å². The highest BCUT2D eigenvalue weighted by atomic mass is 16.2. The molecule has 124 valence electrons. The van der Waals surface area contributed by atoms with E-state index in [1.54, 1.807) is 21.9 Å². The smallest absolute Gasteiger partial charge is 0.261 e. The van der Waals surface area contributed by atoms with Gasteiger partial charge in [0.05, 0.1) is 11.1 Å². The zero-order valence-corrected chi connectivity index (χ0v) is 13.1. The number of piperazine rings is 1. The Hall–Kier alpha value is -2.70. The molecule has 1 aliphatic carbocycles. The van der Waals surface area contributed by atoms with Gasteiger partial charge in [-0.3, -0.25) is 24.1 Å². The van der Waals surface area contributed by atoms with Crippen molar-refractivity contribution in [3.05, 3.63) is 34.9 Å². The van der Waals surface area contributed by atoms with Crippen molar-refractivity contribution in [3.8, 4) is 0 Å². The summed E-state index contributed by atoms with van der Waals surface area (Å²) < 4.78 is 0. The van der Waals surface area contributed by atoms with E-state index in [1.807, 2.05) is 0 Å². The first-order valence-electron chi connectivity index (χ1n) is 8.10. The third-order valence-corrected chi connectivity index (χ3v) is 4.83. The number of amides is 4. The lowest BCUT2D eigenvalue weighted by molar-refractivity contribution is -0.119. The van der Waals surface area contributed by atoms with Crippen LogP contribution in [0.1, 0.15) is 43.9 Å². The van der Waals surface area contributed by atoms with Gasteiger partial charge in [0.15, 0.2) is 0 Å². The summed E-state index contributed by atoms with van der Waals surface area (Å²) in [5, 5.41) is 0. The van der Waals surface area contributed by atoms with Crippen molar-refractivity contribution in [3.63, 3.8) is 0 Å². The average Bonchev–Trinajstić information content (AvgIpc) is 3.42. The molecule has 1 aromatic rings. The van der Waals surface area contributed by atoms with Crippen LogP contribution in [0.4, 0.5) is 0 Å². The summed E-state index contributed by atoms with van der Waals surface area (Å²) in [4.78, 5) is 52.7. The fourth-order valence-corrected chi connectivity index (χ4v) is 3.27. The molecule has 2 aliphatic heterocycles. The van der Waals surface area contributed by atoms with Crippen molar-refractivity contribution in [2.75, 3.05) is 26.2 Å². The highest BCUT2D eigenvalue weighted by molar-refractivity contribution is 6.22. The Morgan fingerprint density at radius 2 is 1.67 bits per heavy atom. The number of carbonyl (C=O) groups excluding carboxylic acids is 4. The van der Waals surface area contributed by atoms with Crippen LogP contribution in [0.25, 0.3) is 0 Å². The zero-order valence-electron chi connectivity index (χ0n) is 13.1. The second-order valence-electron chi connectivity index (χ2n) is 6.41. The number of hydrogen-bond donors (Lipinski definition) is 0. The molecule has 0 aromatic heterocycles. The molecule has 7 nitrogen and oxygen atoms in total. The van der Waals surface area contributed by atoms with Crippen LogP contribution in [0, 0.1) is 0 Å². The maximum atomic E-state index is 12.6. The third-order valence-electron chi connectivity index (χ3n) is 4.83. The number of nitrogens with zero attached hydrogens (tertiary/aromatic N) is 3. The Kier molecular flexibility index (Phi) is 3.37. The van der Waals surface area contributed by atoms with Gasteiger partial charge in [0.1, 0.15) is 0 Å². The lowest BCUT2D eigenvalue weighted by atomic mass is 10.0. The monoisotopic (exact) mass is 327 g/mol. The second-order valence-corrected chi connectivity index (χ2v) is 6.41. The Bertz CT molecular complexity index is 748. The van der Waals surface area contributed by atoms with Gasteiger partial charge in [-0.25, -0.2) is 0 Å². The van der Waals surface area contributed by atoms with E-state index in [0.717, 1.165) is 19.3 Å². The SMILES string of the molecule is O=CN1CCN(C(=O)c2ccc3c(c2)C(=O)N(C2CC2)C3=O)CC1. The van der Waals surface area contributed by atoms with Gasteiger partial charge in [-0.15, -0.1) is 0 Å². The van der Waals surface area contributed by atoms with Crippen LogP contribution in [0.15, 0.2) is 18.2 Å². The molecule has 4 rings (SSSR count). The van der Waals surface area contributed by atoms with Gasteiger partial charge in [0, 0.05) is 37.8 Å². The molecule has 0 atom stereocenters. The first-order chi connectivity index (χ1) is 11.6. The highest BCUT2D eigenvalue weighted by Crippen LogP contribution is 2.35. The summed E-state index contributed by atoms with van der Waals surface area (Å²) >= 11 is 0. The summed E-state index contributed by atoms with van der Waals surface area (Å²) in [6.45, 7) is 1.95. The van der Waals surface area contributed by atoms with Gasteiger partial charge in [0.25, 0.3) is 17.7 Å².